The minimum absolute atomic E-state index is 0.0622. The number of hydrogen-bond donors (Lipinski definition) is 2. The molecular formula is C30H34ClF2N7O4. The topological polar surface area (TPSA) is 122 Å². The second-order valence-corrected chi connectivity index (χ2v) is 12.8. The van der Waals surface area contributed by atoms with Crippen molar-refractivity contribution < 1.29 is 28.1 Å². The van der Waals surface area contributed by atoms with Crippen molar-refractivity contribution in [3.05, 3.63) is 28.7 Å². The van der Waals surface area contributed by atoms with Crippen molar-refractivity contribution in [1.82, 2.24) is 30.0 Å². The highest BCUT2D eigenvalue weighted by Crippen LogP contribution is 2.44. The Balaban J connectivity index is 1.42. The van der Waals surface area contributed by atoms with Gasteiger partial charge in [-0.15, -0.1) is 0 Å². The van der Waals surface area contributed by atoms with Gasteiger partial charge in [-0.2, -0.15) is 15.1 Å². The van der Waals surface area contributed by atoms with Crippen LogP contribution in [0.4, 0.5) is 14.6 Å². The molecule has 0 amide bonds. The fraction of sp³-hybridized carbons (Fsp3) is 0.533. The van der Waals surface area contributed by atoms with Crippen molar-refractivity contribution in [2.75, 3.05) is 58.0 Å². The predicted molar refractivity (Wildman–Crippen MR) is 161 cm³/mol. The van der Waals surface area contributed by atoms with E-state index in [-0.39, 0.29) is 54.1 Å². The lowest BCUT2D eigenvalue weighted by atomic mass is 9.95. The summed E-state index contributed by atoms with van der Waals surface area (Å²) in [6.07, 6.45) is 2.74. The van der Waals surface area contributed by atoms with Crippen molar-refractivity contribution in [1.29, 1.82) is 0 Å². The molecule has 11 nitrogen and oxygen atoms in total. The summed E-state index contributed by atoms with van der Waals surface area (Å²) in [6, 6.07) is 1.77. The van der Waals surface area contributed by atoms with Gasteiger partial charge in [0.25, 0.3) is 0 Å². The van der Waals surface area contributed by atoms with Crippen LogP contribution in [-0.4, -0.2) is 106 Å². The highest BCUT2D eigenvalue weighted by Gasteiger charge is 2.49. The SMILES string of the molecule is COc1nc(-c2c(Cl)c(C)cc3[nH]ncc23)c(F)c2nc(OC[C@@]34CCCN3C[C@H](F)C4)nc(N3CCOC[C@@](C)(O)C3)c12. The third-order valence-corrected chi connectivity index (χ3v) is 9.47. The van der Waals surface area contributed by atoms with Crippen molar-refractivity contribution in [3.8, 4) is 23.1 Å². The number of aromatic nitrogens is 5. The predicted octanol–water partition coefficient (Wildman–Crippen LogP) is 4.22. The Bertz CT molecular complexity index is 1750. The molecule has 1 aromatic carbocycles. The largest absolute Gasteiger partial charge is 0.480 e. The summed E-state index contributed by atoms with van der Waals surface area (Å²) in [6.45, 7) is 5.75. The molecular weight excluding hydrogens is 596 g/mol. The maximum absolute atomic E-state index is 16.9. The Morgan fingerprint density at radius 2 is 2.11 bits per heavy atom. The quantitative estimate of drug-likeness (QED) is 0.321. The van der Waals surface area contributed by atoms with E-state index in [0.29, 0.717) is 53.2 Å². The molecule has 0 unspecified atom stereocenters. The number of halogens is 3. The molecule has 3 saturated heterocycles. The van der Waals surface area contributed by atoms with Crippen LogP contribution in [-0.2, 0) is 4.74 Å². The van der Waals surface area contributed by atoms with Gasteiger partial charge in [0.15, 0.2) is 5.82 Å². The molecule has 3 fully saturated rings. The molecule has 0 aliphatic carbocycles. The van der Waals surface area contributed by atoms with E-state index in [1.54, 1.807) is 18.0 Å². The van der Waals surface area contributed by atoms with E-state index in [1.807, 2.05) is 13.0 Å². The number of fused-ring (bicyclic) bond motifs is 3. The first-order valence-corrected chi connectivity index (χ1v) is 15.1. The monoisotopic (exact) mass is 629 g/mol. The molecule has 0 bridgehead atoms. The van der Waals surface area contributed by atoms with Gasteiger partial charge < -0.3 is 24.2 Å². The summed E-state index contributed by atoms with van der Waals surface area (Å²) in [7, 11) is 1.44. The number of rotatable bonds is 6. The van der Waals surface area contributed by atoms with Crippen LogP contribution in [0.3, 0.4) is 0 Å². The summed E-state index contributed by atoms with van der Waals surface area (Å²) in [5.74, 6) is -0.383. The first kappa shape index (κ1) is 29.3. The lowest BCUT2D eigenvalue weighted by molar-refractivity contribution is -0.0123. The van der Waals surface area contributed by atoms with Gasteiger partial charge in [-0.25, -0.2) is 13.8 Å². The molecule has 7 rings (SSSR count). The number of anilines is 1. The Morgan fingerprint density at radius 1 is 1.27 bits per heavy atom. The molecule has 4 aromatic rings. The normalized spacial score (nSPS) is 26.0. The number of methoxy groups -OCH3 is 1. The minimum atomic E-state index is -1.21. The maximum atomic E-state index is 16.9. The summed E-state index contributed by atoms with van der Waals surface area (Å²) in [5, 5.41) is 19.1. The second-order valence-electron chi connectivity index (χ2n) is 12.4. The Hall–Kier alpha value is -3.39. The highest BCUT2D eigenvalue weighted by molar-refractivity contribution is 6.35. The molecule has 234 valence electrons. The van der Waals surface area contributed by atoms with E-state index in [1.165, 1.54) is 7.11 Å². The van der Waals surface area contributed by atoms with Gasteiger partial charge in [0.1, 0.15) is 40.8 Å². The van der Waals surface area contributed by atoms with E-state index in [0.717, 1.165) is 19.4 Å². The van der Waals surface area contributed by atoms with Crippen LogP contribution in [0, 0.1) is 12.7 Å². The van der Waals surface area contributed by atoms with Crippen LogP contribution in [0.1, 0.15) is 31.7 Å². The van der Waals surface area contributed by atoms with Gasteiger partial charge in [0, 0.05) is 30.5 Å². The van der Waals surface area contributed by atoms with Crippen LogP contribution in [0.2, 0.25) is 5.02 Å². The number of benzene rings is 1. The van der Waals surface area contributed by atoms with Crippen LogP contribution >= 0.6 is 11.6 Å². The summed E-state index contributed by atoms with van der Waals surface area (Å²) >= 11 is 6.77. The Morgan fingerprint density at radius 3 is 2.93 bits per heavy atom. The first-order valence-electron chi connectivity index (χ1n) is 14.7. The Labute approximate surface area is 257 Å². The highest BCUT2D eigenvalue weighted by atomic mass is 35.5. The van der Waals surface area contributed by atoms with E-state index in [2.05, 4.69) is 25.1 Å². The van der Waals surface area contributed by atoms with Crippen molar-refractivity contribution >= 4 is 39.2 Å². The zero-order valence-electron chi connectivity index (χ0n) is 24.8. The minimum Gasteiger partial charge on any atom is -0.480 e. The van der Waals surface area contributed by atoms with Crippen molar-refractivity contribution in [2.45, 2.75) is 50.4 Å². The number of H-pyrrole nitrogens is 1. The molecule has 3 aromatic heterocycles. The molecule has 3 aliphatic heterocycles. The lowest BCUT2D eigenvalue weighted by Gasteiger charge is -2.31. The number of β-amino-alcohol motifs (C(OH)–C–C–N with tert-alkyl or cyclic N) is 1. The fourth-order valence-electron chi connectivity index (χ4n) is 6.97. The number of ether oxygens (including phenoxy) is 3. The molecule has 14 heteroatoms. The number of aliphatic hydroxyl groups is 1. The average Bonchev–Trinajstić information content (AvgIpc) is 3.65. The lowest BCUT2D eigenvalue weighted by Crippen LogP contribution is -2.44. The van der Waals surface area contributed by atoms with E-state index >= 15 is 4.39 Å². The number of pyridine rings is 1. The van der Waals surface area contributed by atoms with E-state index in [9.17, 15) is 9.50 Å². The molecule has 3 atom stereocenters. The standard InChI is InChI=1S/C30H34ClF2N7O4/c1-16-9-19-18(11-34-38-19)20(22(16)31)24-23(33)25-21(27(35-24)42-3)26(39-7-8-43-14-29(2,41)13-39)37-28(36-25)44-15-30-5-4-6-40(30)12-17(32)10-30/h9,11,17,41H,4-8,10,12-15H2,1-3H3,(H,34,38)/t17-,29+,30+/m1/s1. The third-order valence-electron chi connectivity index (χ3n) is 8.99. The van der Waals surface area contributed by atoms with Gasteiger partial charge in [-0.1, -0.05) is 11.6 Å². The summed E-state index contributed by atoms with van der Waals surface area (Å²) < 4.78 is 48.9. The number of alkyl halides is 1. The van der Waals surface area contributed by atoms with E-state index in [4.69, 9.17) is 30.8 Å². The van der Waals surface area contributed by atoms with Gasteiger partial charge in [-0.3, -0.25) is 10.00 Å². The van der Waals surface area contributed by atoms with Gasteiger partial charge in [0.2, 0.25) is 5.88 Å². The van der Waals surface area contributed by atoms with Gasteiger partial charge >= 0.3 is 6.01 Å². The van der Waals surface area contributed by atoms with Gasteiger partial charge in [0.05, 0.1) is 49.1 Å². The Kier molecular flexibility index (Phi) is 7.26. The van der Waals surface area contributed by atoms with Crippen LogP contribution in [0.15, 0.2) is 12.3 Å². The molecule has 0 radical (unpaired) electrons. The first-order chi connectivity index (χ1) is 21.1. The molecule has 6 heterocycles. The third kappa shape index (κ3) is 4.90. The number of nitrogens with zero attached hydrogens (tertiary/aromatic N) is 6. The molecule has 44 heavy (non-hydrogen) atoms. The second kappa shape index (κ2) is 10.9. The smallest absolute Gasteiger partial charge is 0.319 e. The average molecular weight is 630 g/mol. The number of hydrogen-bond acceptors (Lipinski definition) is 10. The number of aryl methyl sites for hydroxylation is 1. The fourth-order valence-corrected chi connectivity index (χ4v) is 7.22. The molecule has 3 aliphatic rings. The van der Waals surface area contributed by atoms with Crippen LogP contribution in [0.5, 0.6) is 11.9 Å². The molecule has 0 saturated carbocycles. The maximum Gasteiger partial charge on any atom is 0.319 e. The molecule has 0 spiro atoms. The van der Waals surface area contributed by atoms with Crippen molar-refractivity contribution in [3.63, 3.8) is 0 Å². The zero-order valence-corrected chi connectivity index (χ0v) is 25.5. The number of nitrogens with one attached hydrogen (secondary N) is 1. The number of aromatic amines is 1. The zero-order chi connectivity index (χ0) is 30.8. The van der Waals surface area contributed by atoms with Crippen LogP contribution in [0.25, 0.3) is 33.1 Å². The van der Waals surface area contributed by atoms with Crippen molar-refractivity contribution in [2.24, 2.45) is 0 Å². The van der Waals surface area contributed by atoms with Gasteiger partial charge in [-0.05, 0) is 44.9 Å². The van der Waals surface area contributed by atoms with Crippen LogP contribution < -0.4 is 14.4 Å². The summed E-state index contributed by atoms with van der Waals surface area (Å²) in [4.78, 5) is 17.8. The summed E-state index contributed by atoms with van der Waals surface area (Å²) in [5.41, 5.74) is -0.0826. The van der Waals surface area contributed by atoms with E-state index < -0.39 is 23.1 Å². The molecule has 2 N–H and O–H groups in total.